The van der Waals surface area contributed by atoms with E-state index in [0.29, 0.717) is 0 Å². The minimum absolute atomic E-state index is 0.00870. The molecule has 1 rings (SSSR count). The van der Waals surface area contributed by atoms with E-state index in [1.54, 1.807) is 6.20 Å². The van der Waals surface area contributed by atoms with Gasteiger partial charge in [-0.15, -0.1) is 6.42 Å². The number of rotatable bonds is 2. The average Bonchev–Trinajstić information content (AvgIpc) is 2.13. The van der Waals surface area contributed by atoms with E-state index in [-0.39, 0.29) is 6.04 Å². The first-order chi connectivity index (χ1) is 6.15. The van der Waals surface area contributed by atoms with Crippen LogP contribution in [0, 0.1) is 19.3 Å². The summed E-state index contributed by atoms with van der Waals surface area (Å²) >= 11 is 3.44. The highest BCUT2D eigenvalue weighted by atomic mass is 79.9. The van der Waals surface area contributed by atoms with Gasteiger partial charge in [0.25, 0.3) is 0 Å². The maximum atomic E-state index is 5.25. The molecule has 0 aliphatic rings. The Morgan fingerprint density at radius 1 is 1.69 bits per heavy atom. The topological polar surface area (TPSA) is 24.9 Å². The lowest BCUT2D eigenvalue weighted by atomic mass is 10.3. The van der Waals surface area contributed by atoms with Gasteiger partial charge in [-0.2, -0.15) is 0 Å². The van der Waals surface area contributed by atoms with Gasteiger partial charge in [0, 0.05) is 6.20 Å². The van der Waals surface area contributed by atoms with Crippen molar-refractivity contribution >= 4 is 21.7 Å². The molecule has 0 saturated carbocycles. The second-order valence-corrected chi connectivity index (χ2v) is 3.62. The molecule has 1 atom stereocenters. The number of aromatic nitrogens is 1. The number of pyridine rings is 1. The molecule has 2 nitrogen and oxygen atoms in total. The van der Waals surface area contributed by atoms with Crippen molar-refractivity contribution in [2.75, 3.05) is 5.32 Å². The number of anilines is 1. The first kappa shape index (κ1) is 10.1. The number of nitrogens with zero attached hydrogens (tertiary/aromatic N) is 1. The molecular formula is C10H11BrN2. The molecule has 1 unspecified atom stereocenters. The molecule has 0 radical (unpaired) electrons. The molecule has 68 valence electrons. The zero-order valence-corrected chi connectivity index (χ0v) is 9.22. The average molecular weight is 239 g/mol. The molecule has 0 amide bonds. The molecule has 1 aromatic rings. The Kier molecular flexibility index (Phi) is 3.32. The number of halogens is 1. The predicted octanol–water partition coefficient (Wildman–Crippen LogP) is 2.59. The summed E-state index contributed by atoms with van der Waals surface area (Å²) in [4.78, 5) is 4.17. The first-order valence-electron chi connectivity index (χ1n) is 3.99. The van der Waals surface area contributed by atoms with Gasteiger partial charge in [-0.1, -0.05) is 5.92 Å². The Morgan fingerprint density at radius 3 is 3.00 bits per heavy atom. The van der Waals surface area contributed by atoms with Crippen molar-refractivity contribution in [1.29, 1.82) is 0 Å². The van der Waals surface area contributed by atoms with Gasteiger partial charge in [0.1, 0.15) is 5.82 Å². The smallest absolute Gasteiger partial charge is 0.141 e. The quantitative estimate of drug-likeness (QED) is 0.802. The van der Waals surface area contributed by atoms with Gasteiger partial charge in [0.2, 0.25) is 0 Å². The molecule has 3 heteroatoms. The molecule has 0 aliphatic carbocycles. The van der Waals surface area contributed by atoms with Crippen molar-refractivity contribution in [3.63, 3.8) is 0 Å². The van der Waals surface area contributed by atoms with Gasteiger partial charge in [-0.05, 0) is 41.4 Å². The Hall–Kier alpha value is -1.01. The van der Waals surface area contributed by atoms with Crippen molar-refractivity contribution in [2.24, 2.45) is 0 Å². The van der Waals surface area contributed by atoms with E-state index >= 15 is 0 Å². The predicted molar refractivity (Wildman–Crippen MR) is 58.6 cm³/mol. The van der Waals surface area contributed by atoms with Gasteiger partial charge in [-0.3, -0.25) is 0 Å². The summed E-state index contributed by atoms with van der Waals surface area (Å²) < 4.78 is 0.970. The van der Waals surface area contributed by atoms with Gasteiger partial charge >= 0.3 is 0 Å². The van der Waals surface area contributed by atoms with Gasteiger partial charge < -0.3 is 5.32 Å². The second-order valence-electron chi connectivity index (χ2n) is 2.82. The zero-order valence-electron chi connectivity index (χ0n) is 7.63. The number of hydrogen-bond acceptors (Lipinski definition) is 2. The molecule has 1 N–H and O–H groups in total. The Morgan fingerprint density at radius 2 is 2.38 bits per heavy atom. The van der Waals surface area contributed by atoms with Crippen LogP contribution in [0.1, 0.15) is 12.5 Å². The monoisotopic (exact) mass is 238 g/mol. The lowest BCUT2D eigenvalue weighted by molar-refractivity contribution is 1.01. The van der Waals surface area contributed by atoms with Crippen molar-refractivity contribution in [3.8, 4) is 12.3 Å². The summed E-state index contributed by atoms with van der Waals surface area (Å²) in [7, 11) is 0. The third-order valence-electron chi connectivity index (χ3n) is 1.69. The molecule has 1 heterocycles. The third-order valence-corrected chi connectivity index (χ3v) is 2.69. The lowest BCUT2D eigenvalue weighted by Crippen LogP contribution is -2.13. The van der Waals surface area contributed by atoms with Gasteiger partial charge in [0.05, 0.1) is 10.5 Å². The van der Waals surface area contributed by atoms with E-state index in [0.717, 1.165) is 15.9 Å². The van der Waals surface area contributed by atoms with E-state index < -0.39 is 0 Å². The van der Waals surface area contributed by atoms with Crippen LogP contribution in [0.2, 0.25) is 0 Å². The normalized spacial score (nSPS) is 11.8. The van der Waals surface area contributed by atoms with E-state index in [4.69, 9.17) is 6.42 Å². The van der Waals surface area contributed by atoms with E-state index in [1.807, 2.05) is 19.9 Å². The fourth-order valence-corrected chi connectivity index (χ4v) is 1.24. The van der Waals surface area contributed by atoms with Crippen LogP contribution < -0.4 is 5.32 Å². The number of nitrogens with one attached hydrogen (secondary N) is 1. The third kappa shape index (κ3) is 2.46. The van der Waals surface area contributed by atoms with Crippen LogP contribution in [0.25, 0.3) is 0 Å². The fourth-order valence-electron chi connectivity index (χ4n) is 0.888. The highest BCUT2D eigenvalue weighted by Gasteiger charge is 2.04. The Balaban J connectivity index is 2.90. The van der Waals surface area contributed by atoms with E-state index in [1.165, 1.54) is 0 Å². The molecule has 0 aromatic carbocycles. The SMILES string of the molecule is C#CC(C)Nc1nccc(C)c1Br. The number of hydrogen-bond donors (Lipinski definition) is 1. The van der Waals surface area contributed by atoms with Gasteiger partial charge in [0.15, 0.2) is 0 Å². The molecular weight excluding hydrogens is 228 g/mol. The number of terminal acetylenes is 1. The summed E-state index contributed by atoms with van der Waals surface area (Å²) in [5, 5.41) is 3.11. The molecule has 0 saturated heterocycles. The Bertz CT molecular complexity index is 341. The molecule has 13 heavy (non-hydrogen) atoms. The second kappa shape index (κ2) is 4.29. The van der Waals surface area contributed by atoms with Crippen molar-refractivity contribution in [3.05, 3.63) is 22.3 Å². The summed E-state index contributed by atoms with van der Waals surface area (Å²) in [5.41, 5.74) is 1.14. The van der Waals surface area contributed by atoms with Gasteiger partial charge in [-0.25, -0.2) is 4.98 Å². The van der Waals surface area contributed by atoms with Crippen LogP contribution >= 0.6 is 15.9 Å². The van der Waals surface area contributed by atoms with Crippen LogP contribution in [-0.2, 0) is 0 Å². The van der Waals surface area contributed by atoms with E-state index in [2.05, 4.69) is 32.2 Å². The molecule has 0 bridgehead atoms. The minimum Gasteiger partial charge on any atom is -0.356 e. The summed E-state index contributed by atoms with van der Waals surface area (Å²) in [6.07, 6.45) is 7.01. The van der Waals surface area contributed by atoms with Crippen LogP contribution in [0.5, 0.6) is 0 Å². The highest BCUT2D eigenvalue weighted by Crippen LogP contribution is 2.23. The standard InChI is InChI=1S/C10H11BrN2/c1-4-8(3)13-10-9(11)7(2)5-6-12-10/h1,5-6,8H,2-3H3,(H,12,13). The highest BCUT2D eigenvalue weighted by molar-refractivity contribution is 9.10. The maximum absolute atomic E-state index is 5.25. The fraction of sp³-hybridized carbons (Fsp3) is 0.300. The summed E-state index contributed by atoms with van der Waals surface area (Å²) in [6.45, 7) is 3.92. The molecule has 0 spiro atoms. The van der Waals surface area contributed by atoms with Crippen molar-refractivity contribution < 1.29 is 0 Å². The maximum Gasteiger partial charge on any atom is 0.141 e. The molecule has 0 fully saturated rings. The largest absolute Gasteiger partial charge is 0.356 e. The lowest BCUT2D eigenvalue weighted by Gasteiger charge is -2.10. The minimum atomic E-state index is -0.00870. The van der Waals surface area contributed by atoms with Crippen molar-refractivity contribution in [1.82, 2.24) is 4.98 Å². The van der Waals surface area contributed by atoms with E-state index in [9.17, 15) is 0 Å². The number of aryl methyl sites for hydroxylation is 1. The van der Waals surface area contributed by atoms with Crippen LogP contribution in [0.4, 0.5) is 5.82 Å². The van der Waals surface area contributed by atoms with Crippen LogP contribution in [-0.4, -0.2) is 11.0 Å². The molecule has 0 aliphatic heterocycles. The molecule has 1 aromatic heterocycles. The zero-order chi connectivity index (χ0) is 9.84. The van der Waals surface area contributed by atoms with Crippen LogP contribution in [0.15, 0.2) is 16.7 Å². The Labute approximate surface area is 86.9 Å². The summed E-state index contributed by atoms with van der Waals surface area (Å²) in [5.74, 6) is 3.38. The summed E-state index contributed by atoms with van der Waals surface area (Å²) in [6, 6.07) is 1.93. The van der Waals surface area contributed by atoms with Crippen molar-refractivity contribution in [2.45, 2.75) is 19.9 Å². The van der Waals surface area contributed by atoms with Crippen LogP contribution in [0.3, 0.4) is 0 Å². The first-order valence-corrected chi connectivity index (χ1v) is 4.78.